The lowest BCUT2D eigenvalue weighted by molar-refractivity contribution is 0.429. The second kappa shape index (κ2) is 3.72. The van der Waals surface area contributed by atoms with Gasteiger partial charge < -0.3 is 0 Å². The summed E-state index contributed by atoms with van der Waals surface area (Å²) in [5.41, 5.74) is 3.66. The molecular formula is C14H24. The van der Waals surface area contributed by atoms with E-state index in [2.05, 4.69) is 27.7 Å². The highest BCUT2D eigenvalue weighted by Crippen LogP contribution is 2.49. The molecule has 2 rings (SSSR count). The Kier molecular flexibility index (Phi) is 2.72. The van der Waals surface area contributed by atoms with Gasteiger partial charge in [-0.25, -0.2) is 0 Å². The van der Waals surface area contributed by atoms with E-state index in [1.54, 1.807) is 0 Å². The minimum Gasteiger partial charge on any atom is -0.0676 e. The van der Waals surface area contributed by atoms with Crippen LogP contribution in [0, 0.1) is 23.7 Å². The number of allylic oxidation sites excluding steroid dienone is 2. The number of hydrogen-bond acceptors (Lipinski definition) is 0. The van der Waals surface area contributed by atoms with Crippen LogP contribution < -0.4 is 0 Å². The lowest BCUT2D eigenvalue weighted by atomic mass is 9.75. The first-order valence-corrected chi connectivity index (χ1v) is 6.32. The van der Waals surface area contributed by atoms with Crippen molar-refractivity contribution in [3.63, 3.8) is 0 Å². The highest BCUT2D eigenvalue weighted by atomic mass is 14.4. The fourth-order valence-corrected chi connectivity index (χ4v) is 3.65. The molecule has 2 bridgehead atoms. The molecule has 0 aromatic rings. The van der Waals surface area contributed by atoms with Crippen LogP contribution in [0.1, 0.15) is 53.4 Å². The maximum Gasteiger partial charge on any atom is -0.0195 e. The van der Waals surface area contributed by atoms with E-state index < -0.39 is 0 Å². The minimum absolute atomic E-state index is 0.788. The molecule has 0 heterocycles. The van der Waals surface area contributed by atoms with Crippen LogP contribution in [0.5, 0.6) is 0 Å². The quantitative estimate of drug-likeness (QED) is 0.568. The van der Waals surface area contributed by atoms with Crippen LogP contribution in [-0.4, -0.2) is 0 Å². The van der Waals surface area contributed by atoms with Gasteiger partial charge in [0.15, 0.2) is 0 Å². The van der Waals surface area contributed by atoms with E-state index in [1.165, 1.54) is 25.7 Å². The predicted molar refractivity (Wildman–Crippen MR) is 62.2 cm³/mol. The molecule has 2 aliphatic rings. The van der Waals surface area contributed by atoms with Gasteiger partial charge in [0, 0.05) is 0 Å². The van der Waals surface area contributed by atoms with Crippen LogP contribution >= 0.6 is 0 Å². The molecular weight excluding hydrogens is 168 g/mol. The molecule has 0 aromatic heterocycles. The summed E-state index contributed by atoms with van der Waals surface area (Å²) >= 11 is 0. The Labute approximate surface area is 88.8 Å². The standard InChI is InChI=1S/C14H24/c1-9(2)13-8-11-5-6-12(7-11)14(13)10(3)4/h9-12H,5-8H2,1-4H3. The summed E-state index contributed by atoms with van der Waals surface area (Å²) in [5, 5.41) is 0. The lowest BCUT2D eigenvalue weighted by Gasteiger charge is -2.31. The van der Waals surface area contributed by atoms with E-state index in [9.17, 15) is 0 Å². The average Bonchev–Trinajstić information content (AvgIpc) is 2.46. The van der Waals surface area contributed by atoms with E-state index in [-0.39, 0.29) is 0 Å². The van der Waals surface area contributed by atoms with E-state index >= 15 is 0 Å². The number of rotatable bonds is 2. The largest absolute Gasteiger partial charge is 0.0676 e. The van der Waals surface area contributed by atoms with Crippen molar-refractivity contribution < 1.29 is 0 Å². The van der Waals surface area contributed by atoms with Gasteiger partial charge in [0.25, 0.3) is 0 Å². The number of fused-ring (bicyclic) bond motifs is 2. The van der Waals surface area contributed by atoms with Crippen molar-refractivity contribution in [2.24, 2.45) is 23.7 Å². The molecule has 0 saturated heterocycles. The molecule has 80 valence electrons. The van der Waals surface area contributed by atoms with Crippen molar-refractivity contribution in [2.75, 3.05) is 0 Å². The summed E-state index contributed by atoms with van der Waals surface area (Å²) in [6.45, 7) is 9.53. The maximum absolute atomic E-state index is 2.39. The van der Waals surface area contributed by atoms with Crippen LogP contribution in [0.15, 0.2) is 11.1 Å². The average molecular weight is 192 g/mol. The van der Waals surface area contributed by atoms with Crippen molar-refractivity contribution in [3.8, 4) is 0 Å². The summed E-state index contributed by atoms with van der Waals surface area (Å²) in [4.78, 5) is 0. The molecule has 1 fully saturated rings. The Balaban J connectivity index is 2.33. The molecule has 0 heteroatoms. The monoisotopic (exact) mass is 192 g/mol. The summed E-state index contributed by atoms with van der Waals surface area (Å²) in [6.07, 6.45) is 5.90. The Morgan fingerprint density at radius 1 is 1.00 bits per heavy atom. The normalized spacial score (nSPS) is 32.1. The lowest BCUT2D eigenvalue weighted by Crippen LogP contribution is -2.18. The minimum atomic E-state index is 0.788. The van der Waals surface area contributed by atoms with Crippen molar-refractivity contribution in [2.45, 2.75) is 53.4 Å². The molecule has 2 aliphatic carbocycles. The highest BCUT2D eigenvalue weighted by molar-refractivity contribution is 5.26. The fraction of sp³-hybridized carbons (Fsp3) is 0.857. The second-order valence-electron chi connectivity index (χ2n) is 5.87. The smallest absolute Gasteiger partial charge is 0.0195 e. The summed E-state index contributed by atoms with van der Waals surface area (Å²) in [6, 6.07) is 0. The van der Waals surface area contributed by atoms with Crippen LogP contribution in [0.25, 0.3) is 0 Å². The SMILES string of the molecule is CC(C)C1=C(C(C)C)C2CCC(C1)C2. The first kappa shape index (κ1) is 10.3. The molecule has 0 amide bonds. The van der Waals surface area contributed by atoms with Crippen molar-refractivity contribution in [3.05, 3.63) is 11.1 Å². The summed E-state index contributed by atoms with van der Waals surface area (Å²) in [5.74, 6) is 3.58. The fourth-order valence-electron chi connectivity index (χ4n) is 3.65. The van der Waals surface area contributed by atoms with Crippen LogP contribution in [0.2, 0.25) is 0 Å². The zero-order valence-electron chi connectivity index (χ0n) is 10.1. The molecule has 2 atom stereocenters. The Morgan fingerprint density at radius 2 is 1.71 bits per heavy atom. The van der Waals surface area contributed by atoms with Crippen molar-refractivity contribution in [1.82, 2.24) is 0 Å². The van der Waals surface area contributed by atoms with E-state index in [0.29, 0.717) is 0 Å². The zero-order valence-corrected chi connectivity index (χ0v) is 10.1. The molecule has 0 radical (unpaired) electrons. The van der Waals surface area contributed by atoms with Crippen LogP contribution in [0.3, 0.4) is 0 Å². The van der Waals surface area contributed by atoms with Gasteiger partial charge in [-0.2, -0.15) is 0 Å². The van der Waals surface area contributed by atoms with Gasteiger partial charge in [0.1, 0.15) is 0 Å². The first-order chi connectivity index (χ1) is 6.59. The Bertz CT molecular complexity index is 245. The van der Waals surface area contributed by atoms with Crippen LogP contribution in [-0.2, 0) is 0 Å². The predicted octanol–water partition coefficient (Wildman–Crippen LogP) is 4.42. The molecule has 2 unspecified atom stereocenters. The second-order valence-corrected chi connectivity index (χ2v) is 5.87. The van der Waals surface area contributed by atoms with Gasteiger partial charge in [-0.1, -0.05) is 38.8 Å². The third-order valence-corrected chi connectivity index (χ3v) is 4.18. The molecule has 0 aromatic carbocycles. The molecule has 14 heavy (non-hydrogen) atoms. The third kappa shape index (κ3) is 1.64. The summed E-state index contributed by atoms with van der Waals surface area (Å²) < 4.78 is 0. The van der Waals surface area contributed by atoms with Crippen molar-refractivity contribution in [1.29, 1.82) is 0 Å². The summed E-state index contributed by atoms with van der Waals surface area (Å²) in [7, 11) is 0. The van der Waals surface area contributed by atoms with Gasteiger partial charge in [-0.05, 0) is 49.4 Å². The molecule has 0 spiro atoms. The topological polar surface area (TPSA) is 0 Å². The van der Waals surface area contributed by atoms with Gasteiger partial charge in [-0.15, -0.1) is 0 Å². The maximum atomic E-state index is 2.39. The molecule has 0 aliphatic heterocycles. The first-order valence-electron chi connectivity index (χ1n) is 6.32. The van der Waals surface area contributed by atoms with Gasteiger partial charge in [0.2, 0.25) is 0 Å². The third-order valence-electron chi connectivity index (χ3n) is 4.18. The van der Waals surface area contributed by atoms with Gasteiger partial charge in [-0.3, -0.25) is 0 Å². The number of hydrogen-bond donors (Lipinski definition) is 0. The Hall–Kier alpha value is -0.260. The highest BCUT2D eigenvalue weighted by Gasteiger charge is 2.35. The molecule has 0 N–H and O–H groups in total. The molecule has 1 saturated carbocycles. The van der Waals surface area contributed by atoms with E-state index in [1.807, 2.05) is 11.1 Å². The molecule has 0 nitrogen and oxygen atoms in total. The zero-order chi connectivity index (χ0) is 10.3. The van der Waals surface area contributed by atoms with E-state index in [4.69, 9.17) is 0 Å². The van der Waals surface area contributed by atoms with Gasteiger partial charge >= 0.3 is 0 Å². The van der Waals surface area contributed by atoms with Crippen LogP contribution in [0.4, 0.5) is 0 Å². The van der Waals surface area contributed by atoms with Gasteiger partial charge in [0.05, 0.1) is 0 Å². The Morgan fingerprint density at radius 3 is 2.29 bits per heavy atom. The van der Waals surface area contributed by atoms with Crippen molar-refractivity contribution >= 4 is 0 Å². The van der Waals surface area contributed by atoms with E-state index in [0.717, 1.165) is 23.7 Å².